The summed E-state index contributed by atoms with van der Waals surface area (Å²) in [7, 11) is 3.45. The first-order valence-electron chi connectivity index (χ1n) is 2.21. The van der Waals surface area contributed by atoms with Gasteiger partial charge in [-0.15, -0.1) is 0 Å². The predicted octanol–water partition coefficient (Wildman–Crippen LogP) is 0.982. The monoisotopic (exact) mass is 85.1 g/mol. The first kappa shape index (κ1) is 5.96. The summed E-state index contributed by atoms with van der Waals surface area (Å²) in [5.74, 6) is 0. The fraction of sp³-hybridized carbons (Fsp3) is 0.600. The van der Waals surface area contributed by atoms with Gasteiger partial charge in [0.25, 0.3) is 0 Å². The summed E-state index contributed by atoms with van der Waals surface area (Å²) in [4.78, 5) is 0. The van der Waals surface area contributed by atoms with E-state index < -0.39 is 0 Å². The number of rotatable bonds is 3. The molecule has 0 spiro atoms. The first-order valence-corrected chi connectivity index (χ1v) is 2.21. The maximum absolute atomic E-state index is 3.66. The van der Waals surface area contributed by atoms with Crippen molar-refractivity contribution in [3.63, 3.8) is 0 Å². The van der Waals surface area contributed by atoms with Gasteiger partial charge >= 0.3 is 0 Å². The Kier molecular flexibility index (Phi) is 4.93. The van der Waals surface area contributed by atoms with E-state index in [2.05, 4.69) is 19.3 Å². The summed E-state index contributed by atoms with van der Waals surface area (Å²) in [5.41, 5.74) is 0. The average Bonchev–Trinajstić information content (AvgIpc) is 1.61. The van der Waals surface area contributed by atoms with Crippen molar-refractivity contribution in [2.24, 2.45) is 0 Å². The van der Waals surface area contributed by atoms with Crippen molar-refractivity contribution in [1.29, 1.82) is 0 Å². The van der Waals surface area contributed by atoms with E-state index in [0.29, 0.717) is 0 Å². The van der Waals surface area contributed by atoms with Gasteiger partial charge in [-0.2, -0.15) is 0 Å². The molecule has 0 saturated heterocycles. The molecular formula is C5H11N. The van der Waals surface area contributed by atoms with Crippen LogP contribution in [0.4, 0.5) is 0 Å². The van der Waals surface area contributed by atoms with Gasteiger partial charge in [0.2, 0.25) is 0 Å². The molecule has 0 fully saturated rings. The minimum absolute atomic E-state index is 0.990. The van der Waals surface area contributed by atoms with Crippen LogP contribution in [0.2, 0.25) is 0 Å². The third kappa shape index (κ3) is 3.96. The lowest BCUT2D eigenvalue weighted by molar-refractivity contribution is 0.761. The largest absolute Gasteiger partial charge is 0.315 e. The number of nitrogens with one attached hydrogen (secondary N) is 1. The second kappa shape index (κ2) is 4.96. The quantitative estimate of drug-likeness (QED) is 0.504. The fourth-order valence-electron chi connectivity index (χ4n) is 0.250. The van der Waals surface area contributed by atoms with Gasteiger partial charge in [-0.3, -0.25) is 0 Å². The van der Waals surface area contributed by atoms with Gasteiger partial charge in [-0.1, -0.05) is 13.3 Å². The Hall–Kier alpha value is -0.0400. The molecule has 0 rings (SSSR count). The van der Waals surface area contributed by atoms with E-state index in [4.69, 9.17) is 0 Å². The van der Waals surface area contributed by atoms with Crippen molar-refractivity contribution < 1.29 is 0 Å². The van der Waals surface area contributed by atoms with Crippen LogP contribution in [0, 0.1) is 14.0 Å². The van der Waals surface area contributed by atoms with Crippen LogP contribution in [0.15, 0.2) is 0 Å². The molecule has 0 unspecified atom stereocenters. The third-order valence-corrected chi connectivity index (χ3v) is 0.604. The highest BCUT2D eigenvalue weighted by Gasteiger charge is 1.73. The minimum Gasteiger partial charge on any atom is -0.315 e. The average molecular weight is 85.1 g/mol. The molecule has 0 bridgehead atoms. The van der Waals surface area contributed by atoms with E-state index in [9.17, 15) is 0 Å². The van der Waals surface area contributed by atoms with E-state index in [-0.39, 0.29) is 0 Å². The highest BCUT2D eigenvalue weighted by atomic mass is 14.8. The maximum Gasteiger partial charge on any atom is 0.00767 e. The Bertz CT molecular complexity index is 15.9. The molecule has 0 amide bonds. The third-order valence-electron chi connectivity index (χ3n) is 0.604. The van der Waals surface area contributed by atoms with Crippen LogP contribution in [0.3, 0.4) is 0 Å². The van der Waals surface area contributed by atoms with Crippen molar-refractivity contribution in [1.82, 2.24) is 5.32 Å². The zero-order valence-corrected chi connectivity index (χ0v) is 4.04. The Balaban J connectivity index is 2.34. The molecule has 36 valence electrons. The summed E-state index contributed by atoms with van der Waals surface area (Å²) in [6.07, 6.45) is 2.13. The smallest absolute Gasteiger partial charge is 0.00767 e. The van der Waals surface area contributed by atoms with E-state index in [1.165, 1.54) is 0 Å². The van der Waals surface area contributed by atoms with Gasteiger partial charge in [-0.05, 0) is 13.0 Å². The topological polar surface area (TPSA) is 12.0 Å². The molecule has 0 aliphatic rings. The van der Waals surface area contributed by atoms with Gasteiger partial charge in [0.15, 0.2) is 0 Å². The predicted molar refractivity (Wildman–Crippen MR) is 28.0 cm³/mol. The molecule has 0 aliphatic heterocycles. The molecule has 1 nitrogen and oxygen atoms in total. The van der Waals surface area contributed by atoms with Crippen LogP contribution >= 0.6 is 0 Å². The molecule has 2 radical (unpaired) electrons. The van der Waals surface area contributed by atoms with Gasteiger partial charge < -0.3 is 5.32 Å². The molecular weight excluding hydrogens is 74.1 g/mol. The molecule has 0 atom stereocenters. The summed E-state index contributed by atoms with van der Waals surface area (Å²) in [5, 5.41) is 2.78. The highest BCUT2D eigenvalue weighted by molar-refractivity contribution is 4.44. The van der Waals surface area contributed by atoms with Crippen molar-refractivity contribution in [3.8, 4) is 0 Å². The summed E-state index contributed by atoms with van der Waals surface area (Å²) in [6.45, 7) is 4.64. The highest BCUT2D eigenvalue weighted by Crippen LogP contribution is 1.78. The summed E-state index contributed by atoms with van der Waals surface area (Å²) in [6, 6.07) is 0. The number of unbranched alkanes of at least 4 members (excludes halogenated alkanes) is 1. The molecule has 0 aromatic heterocycles. The molecule has 0 heterocycles. The second-order valence-electron chi connectivity index (χ2n) is 1.21. The Morgan fingerprint density at radius 3 is 2.33 bits per heavy atom. The lowest BCUT2D eigenvalue weighted by atomic mass is 10.3. The van der Waals surface area contributed by atoms with Gasteiger partial charge in [-0.25, -0.2) is 0 Å². The Morgan fingerprint density at radius 2 is 2.17 bits per heavy atom. The van der Waals surface area contributed by atoms with Crippen molar-refractivity contribution >= 4 is 0 Å². The van der Waals surface area contributed by atoms with E-state index in [0.717, 1.165) is 19.4 Å². The summed E-state index contributed by atoms with van der Waals surface area (Å²) < 4.78 is 0. The normalized spacial score (nSPS) is 9.00. The number of hydrogen-bond donors (Lipinski definition) is 1. The van der Waals surface area contributed by atoms with Crippen LogP contribution in [-0.2, 0) is 0 Å². The molecule has 0 aromatic carbocycles. The van der Waals surface area contributed by atoms with Crippen LogP contribution in [0.1, 0.15) is 12.8 Å². The standard InChI is InChI=1S/C5H11N/c1-3-4-5-6-2/h6H,1-5H2. The second-order valence-corrected chi connectivity index (χ2v) is 1.21. The van der Waals surface area contributed by atoms with Gasteiger partial charge in [0, 0.05) is 7.05 Å². The Morgan fingerprint density at radius 1 is 1.50 bits per heavy atom. The zero-order valence-electron chi connectivity index (χ0n) is 4.04. The Labute approximate surface area is 39.7 Å². The molecule has 0 saturated carbocycles. The van der Waals surface area contributed by atoms with Crippen LogP contribution in [-0.4, -0.2) is 6.54 Å². The zero-order chi connectivity index (χ0) is 4.83. The molecule has 6 heavy (non-hydrogen) atoms. The van der Waals surface area contributed by atoms with E-state index in [1.54, 1.807) is 0 Å². The van der Waals surface area contributed by atoms with Crippen molar-refractivity contribution in [2.45, 2.75) is 12.8 Å². The first-order chi connectivity index (χ1) is 2.91. The van der Waals surface area contributed by atoms with E-state index >= 15 is 0 Å². The lowest BCUT2D eigenvalue weighted by Crippen LogP contribution is -2.02. The molecule has 1 N–H and O–H groups in total. The van der Waals surface area contributed by atoms with Crippen LogP contribution < -0.4 is 5.32 Å². The van der Waals surface area contributed by atoms with Crippen molar-refractivity contribution in [3.05, 3.63) is 14.0 Å². The summed E-state index contributed by atoms with van der Waals surface area (Å²) >= 11 is 0. The molecule has 0 aromatic rings. The lowest BCUT2D eigenvalue weighted by Gasteiger charge is -1.89. The maximum atomic E-state index is 3.66. The van der Waals surface area contributed by atoms with Crippen molar-refractivity contribution in [2.75, 3.05) is 6.54 Å². The fourth-order valence-corrected chi connectivity index (χ4v) is 0.250. The van der Waals surface area contributed by atoms with Crippen LogP contribution in [0.5, 0.6) is 0 Å². The molecule has 1 heteroatoms. The minimum atomic E-state index is 0.990. The van der Waals surface area contributed by atoms with Gasteiger partial charge in [0.05, 0.1) is 0 Å². The van der Waals surface area contributed by atoms with E-state index in [1.807, 2.05) is 0 Å². The van der Waals surface area contributed by atoms with Crippen LogP contribution in [0.25, 0.3) is 0 Å². The van der Waals surface area contributed by atoms with Gasteiger partial charge in [0.1, 0.15) is 0 Å². The number of hydrogen-bond acceptors (Lipinski definition) is 1. The SMILES string of the molecule is [CH2]CCCN[CH2]. The molecule has 0 aliphatic carbocycles.